The average molecular weight is 543 g/mol. The molecule has 2 bridgehead atoms. The number of pyridine rings is 1. The zero-order chi connectivity index (χ0) is 27.3. The minimum Gasteiger partial charge on any atom is -0.381 e. The van der Waals surface area contributed by atoms with Crippen LogP contribution in [0.15, 0.2) is 24.4 Å². The van der Waals surface area contributed by atoms with E-state index in [1.54, 1.807) is 18.1 Å². The highest BCUT2D eigenvalue weighted by atomic mass is 19.1. The molecule has 39 heavy (non-hydrogen) atoms. The van der Waals surface area contributed by atoms with Crippen molar-refractivity contribution in [1.29, 1.82) is 0 Å². The van der Waals surface area contributed by atoms with Crippen LogP contribution < -0.4 is 15.1 Å². The third kappa shape index (κ3) is 5.10. The van der Waals surface area contributed by atoms with Crippen LogP contribution in [0.2, 0.25) is 0 Å². The zero-order valence-electron chi connectivity index (χ0n) is 22.7. The zero-order valence-corrected chi connectivity index (χ0v) is 22.7. The van der Waals surface area contributed by atoms with Gasteiger partial charge in [-0.25, -0.2) is 13.8 Å². The predicted molar refractivity (Wildman–Crippen MR) is 143 cm³/mol. The number of aromatic nitrogens is 1. The molecule has 1 N–H and O–H groups in total. The summed E-state index contributed by atoms with van der Waals surface area (Å²) in [5.74, 6) is -0.705. The minimum atomic E-state index is -0.671. The van der Waals surface area contributed by atoms with Crippen LogP contribution in [0, 0.1) is 11.6 Å². The van der Waals surface area contributed by atoms with Crippen molar-refractivity contribution in [3.63, 3.8) is 0 Å². The van der Waals surface area contributed by atoms with Gasteiger partial charge in [-0.2, -0.15) is 0 Å². The van der Waals surface area contributed by atoms with Gasteiger partial charge in [0.05, 0.1) is 54.7 Å². The van der Waals surface area contributed by atoms with Crippen molar-refractivity contribution in [1.82, 2.24) is 4.98 Å². The van der Waals surface area contributed by atoms with E-state index >= 15 is 4.39 Å². The highest BCUT2D eigenvalue weighted by Crippen LogP contribution is 2.45. The molecule has 3 saturated heterocycles. The first-order valence-electron chi connectivity index (χ1n) is 13.9. The van der Waals surface area contributed by atoms with E-state index in [1.165, 1.54) is 12.1 Å². The number of carbonyl (C=O) groups excluding carboxylic acids is 1. The Labute approximate surface area is 227 Å². The van der Waals surface area contributed by atoms with Crippen LogP contribution >= 0.6 is 0 Å². The largest absolute Gasteiger partial charge is 0.381 e. The summed E-state index contributed by atoms with van der Waals surface area (Å²) in [5, 5.41) is 3.16. The summed E-state index contributed by atoms with van der Waals surface area (Å²) in [6.07, 6.45) is 5.48. The molecular formula is C29H36F2N4O4. The summed E-state index contributed by atoms with van der Waals surface area (Å²) in [6, 6.07) is 4.92. The van der Waals surface area contributed by atoms with E-state index in [9.17, 15) is 9.18 Å². The summed E-state index contributed by atoms with van der Waals surface area (Å²) in [6.45, 7) is 4.37. The summed E-state index contributed by atoms with van der Waals surface area (Å²) in [5.41, 5.74) is 1.94. The van der Waals surface area contributed by atoms with E-state index in [0.29, 0.717) is 47.9 Å². The predicted octanol–water partition coefficient (Wildman–Crippen LogP) is 5.07. The number of piperidine rings is 1. The van der Waals surface area contributed by atoms with E-state index in [2.05, 4.69) is 15.2 Å². The molecule has 8 nitrogen and oxygen atoms in total. The standard InChI is InChI=1S/C29H36F2N4O4/c1-16(2)39-21-6-7-27(38-15-21)29(36)34-14-17-8-18(30)13-32-28(17)33-24-11-23(31)25(12-26(24)34)35-19-4-5-20(35)10-22(9-19)37-3/h8,11-13,16,19-22,27H,4-7,9-10,14-15H2,1-3H3,(H,32,33)/t19-,20+,21-,22+,27+/m0/s1. The number of hydrogen-bond donors (Lipinski definition) is 1. The molecule has 4 aliphatic rings. The lowest BCUT2D eigenvalue weighted by molar-refractivity contribution is -0.143. The number of carbonyl (C=O) groups is 1. The number of anilines is 4. The van der Waals surface area contributed by atoms with Crippen molar-refractivity contribution >= 4 is 28.8 Å². The smallest absolute Gasteiger partial charge is 0.256 e. The molecular weight excluding hydrogens is 506 g/mol. The second-order valence-corrected chi connectivity index (χ2v) is 11.4. The quantitative estimate of drug-likeness (QED) is 0.566. The van der Waals surface area contributed by atoms with Gasteiger partial charge in [0.2, 0.25) is 0 Å². The van der Waals surface area contributed by atoms with Gasteiger partial charge in [-0.05, 0) is 64.5 Å². The molecule has 6 rings (SSSR count). The SMILES string of the molecule is CO[C@H]1C[C@H]2CC[C@@H](C1)N2c1cc2c(cc1F)Nc1ncc(F)cc1CN2C(=O)[C@H]1CC[C@H](OC(C)C)CO1. The molecule has 0 saturated carbocycles. The lowest BCUT2D eigenvalue weighted by atomic mass is 9.98. The van der Waals surface area contributed by atoms with Crippen LogP contribution in [0.1, 0.15) is 57.9 Å². The molecule has 0 unspecified atom stereocenters. The number of hydrogen-bond acceptors (Lipinski definition) is 7. The van der Waals surface area contributed by atoms with Gasteiger partial charge in [0.1, 0.15) is 23.6 Å². The molecule has 0 spiro atoms. The fourth-order valence-electron chi connectivity index (χ4n) is 6.67. The number of fused-ring (bicyclic) bond motifs is 4. The fourth-order valence-corrected chi connectivity index (χ4v) is 6.67. The van der Waals surface area contributed by atoms with Crippen LogP contribution in [0.3, 0.4) is 0 Å². The van der Waals surface area contributed by atoms with Gasteiger partial charge >= 0.3 is 0 Å². The molecule has 1 aromatic heterocycles. The van der Waals surface area contributed by atoms with Crippen molar-refractivity contribution in [3.05, 3.63) is 41.6 Å². The number of amides is 1. The van der Waals surface area contributed by atoms with E-state index < -0.39 is 11.9 Å². The van der Waals surface area contributed by atoms with E-state index in [-0.39, 0.29) is 48.7 Å². The topological polar surface area (TPSA) is 76.2 Å². The maximum absolute atomic E-state index is 15.8. The summed E-state index contributed by atoms with van der Waals surface area (Å²) in [4.78, 5) is 21.9. The first kappa shape index (κ1) is 26.4. The molecule has 0 radical (unpaired) electrons. The van der Waals surface area contributed by atoms with Crippen molar-refractivity contribution in [3.8, 4) is 0 Å². The van der Waals surface area contributed by atoms with Gasteiger partial charge in [-0.3, -0.25) is 4.79 Å². The Hall–Kier alpha value is -2.82. The number of nitrogens with one attached hydrogen (secondary N) is 1. The first-order valence-corrected chi connectivity index (χ1v) is 13.9. The Morgan fingerprint density at radius 3 is 2.51 bits per heavy atom. The van der Waals surface area contributed by atoms with Crippen molar-refractivity contribution < 1.29 is 27.8 Å². The minimum absolute atomic E-state index is 0.0580. The van der Waals surface area contributed by atoms with E-state index in [0.717, 1.165) is 31.9 Å². The first-order chi connectivity index (χ1) is 18.8. The number of rotatable bonds is 5. The van der Waals surface area contributed by atoms with Gasteiger partial charge in [0.25, 0.3) is 5.91 Å². The second kappa shape index (κ2) is 10.6. The lowest BCUT2D eigenvalue weighted by Crippen LogP contribution is -2.46. The fraction of sp³-hybridized carbons (Fsp3) is 0.586. The molecule has 1 amide bonds. The van der Waals surface area contributed by atoms with Crippen LogP contribution in [0.5, 0.6) is 0 Å². The van der Waals surface area contributed by atoms with Crippen molar-refractivity contribution in [2.75, 3.05) is 28.8 Å². The molecule has 5 heterocycles. The number of benzene rings is 1. The number of nitrogens with zero attached hydrogens (tertiary/aromatic N) is 3. The summed E-state index contributed by atoms with van der Waals surface area (Å²) in [7, 11) is 1.73. The van der Waals surface area contributed by atoms with E-state index in [4.69, 9.17) is 14.2 Å². The monoisotopic (exact) mass is 542 g/mol. The molecule has 5 atom stereocenters. The van der Waals surface area contributed by atoms with Gasteiger partial charge in [-0.15, -0.1) is 0 Å². The Bertz CT molecular complexity index is 1220. The van der Waals surface area contributed by atoms with Gasteiger partial charge < -0.3 is 29.3 Å². The van der Waals surface area contributed by atoms with Crippen LogP contribution in [-0.4, -0.2) is 61.1 Å². The Balaban J connectivity index is 1.35. The molecule has 210 valence electrons. The second-order valence-electron chi connectivity index (χ2n) is 11.4. The van der Waals surface area contributed by atoms with Gasteiger partial charge in [-0.1, -0.05) is 0 Å². The van der Waals surface area contributed by atoms with Crippen molar-refractivity contribution in [2.24, 2.45) is 0 Å². The molecule has 10 heteroatoms. The van der Waals surface area contributed by atoms with Crippen molar-refractivity contribution in [2.45, 2.75) is 95.4 Å². The molecule has 1 aromatic carbocycles. The molecule has 3 fully saturated rings. The molecule has 4 aliphatic heterocycles. The van der Waals surface area contributed by atoms with E-state index in [1.807, 2.05) is 13.8 Å². The third-order valence-corrected chi connectivity index (χ3v) is 8.41. The average Bonchev–Trinajstić information content (AvgIpc) is 3.08. The number of ether oxygens (including phenoxy) is 3. The van der Waals surface area contributed by atoms with Gasteiger partial charge in [0.15, 0.2) is 0 Å². The summed E-state index contributed by atoms with van der Waals surface area (Å²) < 4.78 is 47.5. The normalized spacial score (nSPS) is 28.1. The number of methoxy groups -OCH3 is 1. The molecule has 0 aliphatic carbocycles. The third-order valence-electron chi connectivity index (χ3n) is 8.41. The summed E-state index contributed by atoms with van der Waals surface area (Å²) >= 11 is 0. The highest BCUT2D eigenvalue weighted by molar-refractivity contribution is 6.01. The highest BCUT2D eigenvalue weighted by Gasteiger charge is 2.43. The van der Waals surface area contributed by atoms with Crippen LogP contribution in [0.25, 0.3) is 0 Å². The maximum atomic E-state index is 15.8. The molecule has 2 aromatic rings. The number of halogens is 2. The van der Waals surface area contributed by atoms with Crippen LogP contribution in [0.4, 0.5) is 31.7 Å². The Morgan fingerprint density at radius 1 is 1.08 bits per heavy atom. The van der Waals surface area contributed by atoms with Crippen LogP contribution in [-0.2, 0) is 25.5 Å². The Morgan fingerprint density at radius 2 is 1.85 bits per heavy atom. The van der Waals surface area contributed by atoms with Gasteiger partial charge in [0, 0.05) is 30.8 Å². The maximum Gasteiger partial charge on any atom is 0.256 e. The lowest BCUT2D eigenvalue weighted by Gasteiger charge is -2.40. The Kier molecular flexibility index (Phi) is 7.20.